The van der Waals surface area contributed by atoms with E-state index in [-0.39, 0.29) is 0 Å². The number of rotatable bonds is 5. The second-order valence-corrected chi connectivity index (χ2v) is 4.56. The molecule has 0 bridgehead atoms. The molecule has 0 radical (unpaired) electrons. The molecule has 0 amide bonds. The van der Waals surface area contributed by atoms with Gasteiger partial charge in [-0.25, -0.2) is 9.97 Å². The second kappa shape index (κ2) is 6.29. The maximum atomic E-state index is 5.58. The molecular formula is C15H19N3O. The zero-order valence-electron chi connectivity index (χ0n) is 11.3. The van der Waals surface area contributed by atoms with Crippen LogP contribution in [0.15, 0.2) is 36.7 Å². The van der Waals surface area contributed by atoms with Crippen molar-refractivity contribution in [1.29, 1.82) is 0 Å². The van der Waals surface area contributed by atoms with Crippen molar-refractivity contribution in [1.82, 2.24) is 9.97 Å². The Kier molecular flexibility index (Phi) is 4.47. The van der Waals surface area contributed by atoms with Gasteiger partial charge in [-0.15, -0.1) is 0 Å². The van der Waals surface area contributed by atoms with E-state index in [1.807, 2.05) is 12.1 Å². The number of nitrogens with zero attached hydrogens (tertiary/aromatic N) is 2. The molecule has 2 N–H and O–H groups in total. The third-order valence-corrected chi connectivity index (χ3v) is 3.19. The van der Waals surface area contributed by atoms with E-state index < -0.39 is 0 Å². The first-order valence-corrected chi connectivity index (χ1v) is 6.51. The number of aromatic nitrogens is 2. The summed E-state index contributed by atoms with van der Waals surface area (Å²) in [6.45, 7) is 4.83. The van der Waals surface area contributed by atoms with E-state index in [1.165, 1.54) is 5.56 Å². The average Bonchev–Trinajstić information content (AvgIpc) is 2.48. The van der Waals surface area contributed by atoms with Crippen LogP contribution in [-0.4, -0.2) is 9.97 Å². The van der Waals surface area contributed by atoms with Crippen molar-refractivity contribution in [3.63, 3.8) is 0 Å². The molecule has 0 fully saturated rings. The highest BCUT2D eigenvalue weighted by atomic mass is 16.5. The van der Waals surface area contributed by atoms with Crippen LogP contribution < -0.4 is 10.5 Å². The average molecular weight is 257 g/mol. The molecule has 1 aromatic carbocycles. The Morgan fingerprint density at radius 3 is 2.32 bits per heavy atom. The summed E-state index contributed by atoms with van der Waals surface area (Å²) in [5.74, 6) is 1.31. The molecule has 19 heavy (non-hydrogen) atoms. The predicted molar refractivity (Wildman–Crippen MR) is 75.1 cm³/mol. The zero-order valence-corrected chi connectivity index (χ0v) is 11.3. The Hall–Kier alpha value is -1.94. The number of hydrogen-bond acceptors (Lipinski definition) is 4. The number of ether oxygens (including phenoxy) is 1. The lowest BCUT2D eigenvalue weighted by Gasteiger charge is -2.09. The Bertz CT molecular complexity index is 508. The summed E-state index contributed by atoms with van der Waals surface area (Å²) < 4.78 is 5.58. The minimum Gasteiger partial charge on any atom is -0.424 e. The van der Waals surface area contributed by atoms with E-state index in [0.717, 1.165) is 17.7 Å². The van der Waals surface area contributed by atoms with Crippen molar-refractivity contribution in [2.24, 2.45) is 5.73 Å². The van der Waals surface area contributed by atoms with Gasteiger partial charge in [-0.3, -0.25) is 0 Å². The van der Waals surface area contributed by atoms with Gasteiger partial charge in [0.15, 0.2) is 0 Å². The quantitative estimate of drug-likeness (QED) is 0.893. The molecule has 0 aliphatic heterocycles. The second-order valence-electron chi connectivity index (χ2n) is 4.56. The lowest BCUT2D eigenvalue weighted by atomic mass is 9.99. The first-order valence-electron chi connectivity index (χ1n) is 6.51. The first-order chi connectivity index (χ1) is 9.22. The van der Waals surface area contributed by atoms with Crippen molar-refractivity contribution in [2.75, 3.05) is 0 Å². The van der Waals surface area contributed by atoms with Crippen LogP contribution in [0.5, 0.6) is 11.8 Å². The van der Waals surface area contributed by atoms with Crippen molar-refractivity contribution in [3.8, 4) is 11.8 Å². The molecule has 4 nitrogen and oxygen atoms in total. The van der Waals surface area contributed by atoms with E-state index in [0.29, 0.717) is 18.5 Å². The standard InChI is InChI=1S/C15H19N3O/c1-3-11(2)13-4-6-14(7-5-13)19-15-17-9-12(8-16)10-18-15/h4-7,9-11H,3,8,16H2,1-2H3. The number of benzene rings is 1. The normalized spacial score (nSPS) is 12.2. The molecule has 0 spiro atoms. The molecule has 0 aliphatic rings. The van der Waals surface area contributed by atoms with Gasteiger partial charge in [-0.2, -0.15) is 0 Å². The van der Waals surface area contributed by atoms with Gasteiger partial charge in [0.2, 0.25) is 0 Å². The lowest BCUT2D eigenvalue weighted by molar-refractivity contribution is 0.440. The van der Waals surface area contributed by atoms with Crippen LogP contribution in [0.1, 0.15) is 37.3 Å². The summed E-state index contributed by atoms with van der Waals surface area (Å²) in [7, 11) is 0. The van der Waals surface area contributed by atoms with Crippen LogP contribution in [0, 0.1) is 0 Å². The smallest absolute Gasteiger partial charge is 0.321 e. The molecule has 2 rings (SSSR count). The lowest BCUT2D eigenvalue weighted by Crippen LogP contribution is -1.99. The summed E-state index contributed by atoms with van der Waals surface area (Å²) >= 11 is 0. The van der Waals surface area contributed by atoms with Gasteiger partial charge < -0.3 is 10.5 Å². The number of nitrogens with two attached hydrogens (primary N) is 1. The summed E-state index contributed by atoms with van der Waals surface area (Å²) in [4.78, 5) is 8.21. The first kappa shape index (κ1) is 13.5. The minimum atomic E-state index is 0.341. The molecule has 1 unspecified atom stereocenters. The van der Waals surface area contributed by atoms with Gasteiger partial charge in [-0.1, -0.05) is 26.0 Å². The molecule has 1 aromatic heterocycles. The van der Waals surface area contributed by atoms with Gasteiger partial charge in [0, 0.05) is 24.5 Å². The fraction of sp³-hybridized carbons (Fsp3) is 0.333. The van der Waals surface area contributed by atoms with E-state index in [4.69, 9.17) is 10.5 Å². The van der Waals surface area contributed by atoms with Crippen molar-refractivity contribution in [2.45, 2.75) is 32.7 Å². The minimum absolute atomic E-state index is 0.341. The summed E-state index contributed by atoms with van der Waals surface area (Å²) in [5, 5.41) is 0. The Labute approximate surface area is 113 Å². The Morgan fingerprint density at radius 1 is 1.16 bits per heavy atom. The highest BCUT2D eigenvalue weighted by Crippen LogP contribution is 2.23. The number of hydrogen-bond donors (Lipinski definition) is 1. The fourth-order valence-corrected chi connectivity index (χ4v) is 1.71. The molecular weight excluding hydrogens is 238 g/mol. The van der Waals surface area contributed by atoms with Crippen LogP contribution >= 0.6 is 0 Å². The van der Waals surface area contributed by atoms with E-state index in [1.54, 1.807) is 12.4 Å². The van der Waals surface area contributed by atoms with Crippen molar-refractivity contribution >= 4 is 0 Å². The summed E-state index contributed by atoms with van der Waals surface area (Å²) in [5.41, 5.74) is 7.69. The Morgan fingerprint density at radius 2 is 1.79 bits per heavy atom. The molecule has 2 aromatic rings. The molecule has 1 atom stereocenters. The van der Waals surface area contributed by atoms with E-state index in [9.17, 15) is 0 Å². The van der Waals surface area contributed by atoms with Gasteiger partial charge in [0.05, 0.1) is 0 Å². The molecule has 0 saturated carbocycles. The van der Waals surface area contributed by atoms with Crippen LogP contribution in [-0.2, 0) is 6.54 Å². The van der Waals surface area contributed by atoms with E-state index >= 15 is 0 Å². The molecule has 4 heteroatoms. The highest BCUT2D eigenvalue weighted by molar-refractivity contribution is 5.30. The van der Waals surface area contributed by atoms with Crippen molar-refractivity contribution < 1.29 is 4.74 Å². The molecule has 0 saturated heterocycles. The topological polar surface area (TPSA) is 61.0 Å². The maximum Gasteiger partial charge on any atom is 0.321 e. The van der Waals surface area contributed by atoms with Crippen molar-refractivity contribution in [3.05, 3.63) is 47.8 Å². The van der Waals surface area contributed by atoms with Crippen LogP contribution in [0.4, 0.5) is 0 Å². The summed E-state index contributed by atoms with van der Waals surface area (Å²) in [6.07, 6.45) is 4.48. The molecule has 1 heterocycles. The monoisotopic (exact) mass is 257 g/mol. The van der Waals surface area contributed by atoms with Crippen LogP contribution in [0.3, 0.4) is 0 Å². The molecule has 0 aliphatic carbocycles. The predicted octanol–water partition coefficient (Wildman–Crippen LogP) is 3.24. The van der Waals surface area contributed by atoms with E-state index in [2.05, 4.69) is 35.9 Å². The largest absolute Gasteiger partial charge is 0.424 e. The van der Waals surface area contributed by atoms with Gasteiger partial charge in [-0.05, 0) is 30.0 Å². The maximum absolute atomic E-state index is 5.58. The molecule has 100 valence electrons. The fourth-order valence-electron chi connectivity index (χ4n) is 1.71. The zero-order chi connectivity index (χ0) is 13.7. The van der Waals surface area contributed by atoms with Crippen LogP contribution in [0.2, 0.25) is 0 Å². The highest BCUT2D eigenvalue weighted by Gasteiger charge is 2.04. The third kappa shape index (κ3) is 3.51. The third-order valence-electron chi connectivity index (χ3n) is 3.19. The van der Waals surface area contributed by atoms with Gasteiger partial charge >= 0.3 is 6.01 Å². The SMILES string of the molecule is CCC(C)c1ccc(Oc2ncc(CN)cn2)cc1. The summed E-state index contributed by atoms with van der Waals surface area (Å²) in [6, 6.07) is 8.40. The Balaban J connectivity index is 2.06. The van der Waals surface area contributed by atoms with Gasteiger partial charge in [0.1, 0.15) is 5.75 Å². The van der Waals surface area contributed by atoms with Crippen LogP contribution in [0.25, 0.3) is 0 Å². The van der Waals surface area contributed by atoms with Gasteiger partial charge in [0.25, 0.3) is 0 Å².